The first kappa shape index (κ1) is 19.4. The van der Waals surface area contributed by atoms with Gasteiger partial charge in [0.2, 0.25) is 0 Å². The minimum atomic E-state index is -1.33. The van der Waals surface area contributed by atoms with Crippen LogP contribution in [0.15, 0.2) is 30.9 Å². The average molecular weight is 360 g/mol. The van der Waals surface area contributed by atoms with Crippen LogP contribution in [0.25, 0.3) is 0 Å². The second-order valence-electron chi connectivity index (χ2n) is 6.16. The van der Waals surface area contributed by atoms with Crippen LogP contribution in [0.4, 0.5) is 0 Å². The van der Waals surface area contributed by atoms with Gasteiger partial charge >= 0.3 is 11.9 Å². The molecule has 0 saturated carbocycles. The fraction of sp³-hybridized carbons (Fsp3) is 0.368. The van der Waals surface area contributed by atoms with E-state index in [1.165, 1.54) is 18.2 Å². The van der Waals surface area contributed by atoms with Gasteiger partial charge < -0.3 is 19.4 Å². The van der Waals surface area contributed by atoms with Gasteiger partial charge in [0.05, 0.1) is 5.56 Å². The van der Waals surface area contributed by atoms with Gasteiger partial charge in [-0.3, -0.25) is 14.4 Å². The maximum Gasteiger partial charge on any atom is 0.318 e. The van der Waals surface area contributed by atoms with Gasteiger partial charge in [0.25, 0.3) is 0 Å². The topological polar surface area (TPSA) is 107 Å². The molecule has 1 aromatic carbocycles. The Morgan fingerprint density at radius 2 is 2.12 bits per heavy atom. The summed E-state index contributed by atoms with van der Waals surface area (Å²) in [6.45, 7) is 4.95. The third kappa shape index (κ3) is 3.82. The van der Waals surface area contributed by atoms with Crippen LogP contribution in [-0.2, 0) is 29.5 Å². The highest BCUT2D eigenvalue weighted by Crippen LogP contribution is 2.46. The monoisotopic (exact) mass is 360 g/mol. The van der Waals surface area contributed by atoms with Gasteiger partial charge in [-0.25, -0.2) is 0 Å². The Morgan fingerprint density at radius 3 is 2.77 bits per heavy atom. The molecule has 0 spiro atoms. The van der Waals surface area contributed by atoms with Crippen molar-refractivity contribution in [3.8, 4) is 5.75 Å². The van der Waals surface area contributed by atoms with Crippen molar-refractivity contribution in [1.82, 2.24) is 0 Å². The largest absolute Gasteiger partial charge is 0.507 e. The number of benzene rings is 1. The van der Waals surface area contributed by atoms with Crippen LogP contribution < -0.4 is 0 Å². The van der Waals surface area contributed by atoms with E-state index in [-0.39, 0.29) is 36.5 Å². The summed E-state index contributed by atoms with van der Waals surface area (Å²) in [5.74, 6) is -2.77. The number of hydrogen-bond acceptors (Lipinski definition) is 7. The normalized spacial score (nSPS) is 21.4. The molecule has 0 aromatic heterocycles. The lowest BCUT2D eigenvalue weighted by Crippen LogP contribution is -2.43. The Bertz CT molecular complexity index is 752. The molecule has 2 atom stereocenters. The van der Waals surface area contributed by atoms with Gasteiger partial charge in [-0.15, -0.1) is 0 Å². The Morgan fingerprint density at radius 1 is 1.38 bits per heavy atom. The SMILES string of the molecule is C=CCOC(=O)CC(=O)O[C@]1(C)c2cccc(O)c2C(=O)C[C@@H]1CC=O. The van der Waals surface area contributed by atoms with Crippen LogP contribution in [0.2, 0.25) is 0 Å². The van der Waals surface area contributed by atoms with E-state index in [0.717, 1.165) is 0 Å². The second-order valence-corrected chi connectivity index (χ2v) is 6.16. The average Bonchev–Trinajstić information content (AvgIpc) is 2.57. The van der Waals surface area contributed by atoms with Crippen LogP contribution in [0.1, 0.15) is 42.1 Å². The summed E-state index contributed by atoms with van der Waals surface area (Å²) in [7, 11) is 0. The number of carbonyl (C=O) groups is 4. The molecule has 0 fully saturated rings. The first-order valence-corrected chi connectivity index (χ1v) is 8.11. The molecule has 1 aliphatic carbocycles. The molecule has 0 unspecified atom stereocenters. The van der Waals surface area contributed by atoms with Gasteiger partial charge in [0, 0.05) is 24.3 Å². The summed E-state index contributed by atoms with van der Waals surface area (Å²) < 4.78 is 10.3. The Hall–Kier alpha value is -2.96. The zero-order valence-corrected chi connectivity index (χ0v) is 14.4. The molecule has 0 aliphatic heterocycles. The molecule has 0 bridgehead atoms. The van der Waals surface area contributed by atoms with Gasteiger partial charge in [-0.05, 0) is 13.0 Å². The van der Waals surface area contributed by atoms with Crippen molar-refractivity contribution in [2.45, 2.75) is 31.8 Å². The number of Topliss-reactive ketones (excluding diaryl/α,β-unsaturated/α-hetero) is 1. The number of phenolic OH excluding ortho intramolecular Hbond substituents is 1. The molecular formula is C19H20O7. The summed E-state index contributed by atoms with van der Waals surface area (Å²) in [4.78, 5) is 47.2. The first-order valence-electron chi connectivity index (χ1n) is 8.11. The van der Waals surface area contributed by atoms with E-state index in [1.54, 1.807) is 13.0 Å². The molecule has 0 radical (unpaired) electrons. The molecule has 7 heteroatoms. The van der Waals surface area contributed by atoms with Crippen molar-refractivity contribution in [3.63, 3.8) is 0 Å². The van der Waals surface area contributed by atoms with Crippen LogP contribution >= 0.6 is 0 Å². The predicted octanol–water partition coefficient (Wildman–Crippen LogP) is 2.06. The van der Waals surface area contributed by atoms with Gasteiger partial charge in [0.15, 0.2) is 5.78 Å². The molecule has 0 heterocycles. The van der Waals surface area contributed by atoms with Crippen molar-refractivity contribution >= 4 is 24.0 Å². The van der Waals surface area contributed by atoms with Crippen LogP contribution in [0, 0.1) is 5.92 Å². The Balaban J connectivity index is 2.33. The zero-order valence-electron chi connectivity index (χ0n) is 14.4. The second kappa shape index (κ2) is 7.95. The third-order valence-electron chi connectivity index (χ3n) is 4.42. The standard InChI is InChI=1S/C19H20O7/c1-3-9-25-16(23)11-17(24)26-19(2)12(7-8-20)10-15(22)18-13(19)5-4-6-14(18)21/h3-6,8,12,21H,1,7,9-11H2,2H3/t12-,19-/m0/s1. The number of esters is 2. The first-order chi connectivity index (χ1) is 12.3. The fourth-order valence-corrected chi connectivity index (χ4v) is 3.14. The van der Waals surface area contributed by atoms with Gasteiger partial charge in [0.1, 0.15) is 30.7 Å². The lowest BCUT2D eigenvalue weighted by atomic mass is 9.70. The number of carbonyl (C=O) groups excluding carboxylic acids is 4. The number of ketones is 1. The number of phenols is 1. The molecule has 1 aliphatic rings. The number of ether oxygens (including phenoxy) is 2. The highest BCUT2D eigenvalue weighted by Gasteiger charge is 2.47. The van der Waals surface area contributed by atoms with Gasteiger partial charge in [-0.2, -0.15) is 0 Å². The summed E-state index contributed by atoms with van der Waals surface area (Å²) in [6, 6.07) is 4.45. The fourth-order valence-electron chi connectivity index (χ4n) is 3.14. The van der Waals surface area contributed by atoms with Crippen LogP contribution in [0.5, 0.6) is 5.75 Å². The number of rotatable bonds is 7. The van der Waals surface area contributed by atoms with Crippen LogP contribution in [0.3, 0.4) is 0 Å². The van der Waals surface area contributed by atoms with E-state index in [2.05, 4.69) is 6.58 Å². The summed E-state index contributed by atoms with van der Waals surface area (Å²) in [5.41, 5.74) is -0.953. The minimum Gasteiger partial charge on any atom is -0.507 e. The molecule has 26 heavy (non-hydrogen) atoms. The lowest BCUT2D eigenvalue weighted by Gasteiger charge is -2.41. The van der Waals surface area contributed by atoms with E-state index in [1.807, 2.05) is 0 Å². The predicted molar refractivity (Wildman–Crippen MR) is 90.4 cm³/mol. The molecular weight excluding hydrogens is 340 g/mol. The maximum absolute atomic E-state index is 12.4. The van der Waals surface area contributed by atoms with Crippen molar-refractivity contribution in [1.29, 1.82) is 0 Å². The van der Waals surface area contributed by atoms with Crippen molar-refractivity contribution in [2.75, 3.05) is 6.61 Å². The smallest absolute Gasteiger partial charge is 0.318 e. The lowest BCUT2D eigenvalue weighted by molar-refractivity contribution is -0.171. The van der Waals surface area contributed by atoms with E-state index >= 15 is 0 Å². The summed E-state index contributed by atoms with van der Waals surface area (Å²) in [5, 5.41) is 10.0. The molecule has 0 amide bonds. The van der Waals surface area contributed by atoms with Crippen molar-refractivity contribution in [2.24, 2.45) is 5.92 Å². The van der Waals surface area contributed by atoms with E-state index < -0.39 is 29.9 Å². The highest BCUT2D eigenvalue weighted by molar-refractivity contribution is 6.02. The van der Waals surface area contributed by atoms with E-state index in [0.29, 0.717) is 11.8 Å². The summed E-state index contributed by atoms with van der Waals surface area (Å²) in [6.07, 6.45) is 1.34. The quantitative estimate of drug-likeness (QED) is 0.343. The summed E-state index contributed by atoms with van der Waals surface area (Å²) >= 11 is 0. The molecule has 1 aromatic rings. The molecule has 2 rings (SSSR count). The van der Waals surface area contributed by atoms with E-state index in [9.17, 15) is 24.3 Å². The number of aromatic hydroxyl groups is 1. The van der Waals surface area contributed by atoms with Crippen molar-refractivity contribution < 1.29 is 33.8 Å². The zero-order chi connectivity index (χ0) is 19.3. The van der Waals surface area contributed by atoms with Gasteiger partial charge in [-0.1, -0.05) is 24.8 Å². The molecule has 7 nitrogen and oxygen atoms in total. The van der Waals surface area contributed by atoms with Crippen LogP contribution in [-0.4, -0.2) is 35.7 Å². The van der Waals surface area contributed by atoms with E-state index in [4.69, 9.17) is 9.47 Å². The highest BCUT2D eigenvalue weighted by atomic mass is 16.6. The third-order valence-corrected chi connectivity index (χ3v) is 4.42. The molecule has 0 saturated heterocycles. The Kier molecular flexibility index (Phi) is 5.92. The number of aldehydes is 1. The number of hydrogen-bond donors (Lipinski definition) is 1. The molecule has 1 N–H and O–H groups in total. The Labute approximate surface area is 150 Å². The minimum absolute atomic E-state index is 0.00841. The molecule has 138 valence electrons. The van der Waals surface area contributed by atoms with Crippen molar-refractivity contribution in [3.05, 3.63) is 42.0 Å². The maximum atomic E-state index is 12.4. The number of fused-ring (bicyclic) bond motifs is 1.